The lowest BCUT2D eigenvalue weighted by atomic mass is 10.0. The minimum absolute atomic E-state index is 0.0351. The monoisotopic (exact) mass is 1500 g/mol. The zero-order valence-electron chi connectivity index (χ0n) is 65.2. The van der Waals surface area contributed by atoms with Gasteiger partial charge in [-0.25, -0.2) is 9.13 Å². The van der Waals surface area contributed by atoms with Gasteiger partial charge in [0, 0.05) is 25.7 Å². The third-order valence-corrected chi connectivity index (χ3v) is 18.5. The predicted molar refractivity (Wildman–Crippen MR) is 427 cm³/mol. The Morgan fingerprint density at radius 2 is 0.519 bits per heavy atom. The second-order valence-electron chi connectivity index (χ2n) is 26.6. The average Bonchev–Trinajstić information content (AvgIpc) is 0.939. The molecule has 0 saturated carbocycles. The largest absolute Gasteiger partial charge is 0.472 e. The molecule has 19 heteroatoms. The van der Waals surface area contributed by atoms with Crippen LogP contribution in [0.1, 0.15) is 323 Å². The van der Waals surface area contributed by atoms with Crippen LogP contribution in [-0.2, 0) is 65.4 Å². The van der Waals surface area contributed by atoms with E-state index in [2.05, 4.69) is 143 Å². The SMILES string of the molecule is CC/C=C\C/C=C\C/C=C\C/C=C\C/C=C\C/C=C\CCC(=O)OCC(COP(=O)(O)OCC(O)COP(=O)(O)OCC(COC(=O)CCCCCC/C=C\C/C=C\C/C=C\C/C=C\CC)OC(=O)CCCCCCC/C=C\CCCCCCCC)OC(=O)CCCCCCCCCCCCCCC. The van der Waals surface area contributed by atoms with Crippen molar-refractivity contribution < 1.29 is 80.2 Å². The van der Waals surface area contributed by atoms with Gasteiger partial charge in [-0.05, 0) is 128 Å². The van der Waals surface area contributed by atoms with Gasteiger partial charge in [-0.15, -0.1) is 0 Å². The molecule has 3 N–H and O–H groups in total. The van der Waals surface area contributed by atoms with Crippen molar-refractivity contribution in [1.29, 1.82) is 0 Å². The quantitative estimate of drug-likeness (QED) is 0.0169. The maximum atomic E-state index is 13.1. The van der Waals surface area contributed by atoms with Crippen LogP contribution in [0.5, 0.6) is 0 Å². The molecular weight excluding hydrogens is 1350 g/mol. The van der Waals surface area contributed by atoms with Crippen LogP contribution in [0.4, 0.5) is 0 Å². The molecule has 0 aromatic rings. The Balaban J connectivity index is 5.43. The number of allylic oxidation sites excluding steroid dienone is 22. The van der Waals surface area contributed by atoms with Gasteiger partial charge >= 0.3 is 39.5 Å². The normalized spacial score (nSPS) is 14.6. The number of aliphatic hydroxyl groups excluding tert-OH is 1. The molecule has 0 radical (unpaired) electrons. The van der Waals surface area contributed by atoms with Crippen molar-refractivity contribution >= 4 is 39.5 Å². The topological polar surface area (TPSA) is 237 Å². The highest BCUT2D eigenvalue weighted by Gasteiger charge is 2.30. The number of hydrogen-bond acceptors (Lipinski definition) is 15. The molecule has 5 atom stereocenters. The predicted octanol–water partition coefficient (Wildman–Crippen LogP) is 23.7. The summed E-state index contributed by atoms with van der Waals surface area (Å²) in [7, 11) is -9.99. The Morgan fingerprint density at radius 1 is 0.279 bits per heavy atom. The summed E-state index contributed by atoms with van der Waals surface area (Å²) in [5.41, 5.74) is 0. The molecule has 0 heterocycles. The molecule has 0 aliphatic carbocycles. The Hall–Kier alpha value is -4.80. The van der Waals surface area contributed by atoms with Crippen molar-refractivity contribution in [2.75, 3.05) is 39.6 Å². The number of aliphatic hydroxyl groups is 1. The van der Waals surface area contributed by atoms with Crippen LogP contribution in [0.3, 0.4) is 0 Å². The molecule has 5 unspecified atom stereocenters. The van der Waals surface area contributed by atoms with Crippen molar-refractivity contribution in [1.82, 2.24) is 0 Å². The summed E-state index contributed by atoms with van der Waals surface area (Å²) in [6, 6.07) is 0. The van der Waals surface area contributed by atoms with Crippen molar-refractivity contribution in [3.8, 4) is 0 Å². The Labute approximate surface area is 631 Å². The third kappa shape index (κ3) is 75.4. The van der Waals surface area contributed by atoms with Gasteiger partial charge in [0.15, 0.2) is 12.2 Å². The summed E-state index contributed by atoms with van der Waals surface area (Å²) in [4.78, 5) is 73.0. The Morgan fingerprint density at radius 3 is 0.837 bits per heavy atom. The second kappa shape index (κ2) is 76.4. The first-order valence-electron chi connectivity index (χ1n) is 40.4. The van der Waals surface area contributed by atoms with Gasteiger partial charge in [0.05, 0.1) is 26.4 Å². The van der Waals surface area contributed by atoms with Crippen LogP contribution < -0.4 is 0 Å². The maximum absolute atomic E-state index is 13.1. The van der Waals surface area contributed by atoms with Crippen molar-refractivity contribution in [3.63, 3.8) is 0 Å². The van der Waals surface area contributed by atoms with Gasteiger partial charge in [0.25, 0.3) is 0 Å². The standard InChI is InChI=1S/C85H144O17P2/c1-5-9-13-17-21-25-29-33-36-38-39-41-44-47-50-54-58-62-66-70-83(88)95-75-80(101-84(89)71-67-63-59-55-51-45-32-28-24-20-16-12-8-4)77-99-103(91,92)97-73-79(86)74-98-104(93,94)100-78-81(102-85(90)72-68-64-60-56-52-48-42-35-31-27-23-19-15-11-7-3)76-96-82(87)69-65-61-57-53-49-46-43-40-37-34-30-26-22-18-14-10-6-2/h9-10,13-14,21-22,25-26,33-37,39,41-43,46-47,50,58,62,79-81,86H,5-8,11-12,15-20,23-24,27-32,38,40,44-45,48-49,51-57,59-61,63-78H2,1-4H3,(H,91,92)(H,93,94)/b13-9-,14-10-,25-21-,26-22-,36-33-,37-34-,41-39-,42-35-,46-43-,50-47-,62-58-. The van der Waals surface area contributed by atoms with E-state index in [0.717, 1.165) is 148 Å². The number of carbonyl (C=O) groups excluding carboxylic acids is 4. The molecule has 0 fully saturated rings. The van der Waals surface area contributed by atoms with Crippen molar-refractivity contribution in [3.05, 3.63) is 134 Å². The molecular formula is C85H144O17P2. The van der Waals surface area contributed by atoms with E-state index in [4.69, 9.17) is 37.0 Å². The Bertz CT molecular complexity index is 2490. The summed E-state index contributed by atoms with van der Waals surface area (Å²) >= 11 is 0. The highest BCUT2D eigenvalue weighted by molar-refractivity contribution is 7.47. The van der Waals surface area contributed by atoms with E-state index < -0.39 is 97.5 Å². The first-order valence-corrected chi connectivity index (χ1v) is 43.4. The minimum atomic E-state index is -5.00. The first kappa shape index (κ1) is 99.2. The fourth-order valence-corrected chi connectivity index (χ4v) is 12.1. The highest BCUT2D eigenvalue weighted by Crippen LogP contribution is 2.45. The van der Waals surface area contributed by atoms with Gasteiger partial charge < -0.3 is 33.8 Å². The fraction of sp³-hybridized carbons (Fsp3) is 0.694. The zero-order valence-corrected chi connectivity index (χ0v) is 66.9. The number of unbranched alkanes of at least 4 members (excludes halogenated alkanes) is 27. The molecule has 0 spiro atoms. The third-order valence-electron chi connectivity index (χ3n) is 16.6. The van der Waals surface area contributed by atoms with Crippen LogP contribution in [0.25, 0.3) is 0 Å². The van der Waals surface area contributed by atoms with Gasteiger partial charge in [-0.1, -0.05) is 303 Å². The second-order valence-corrected chi connectivity index (χ2v) is 29.5. The van der Waals surface area contributed by atoms with Crippen molar-refractivity contribution in [2.24, 2.45) is 0 Å². The fourth-order valence-electron chi connectivity index (χ4n) is 10.5. The number of esters is 4. The highest BCUT2D eigenvalue weighted by atomic mass is 31.2. The summed E-state index contributed by atoms with van der Waals surface area (Å²) in [5.74, 6) is -2.30. The van der Waals surface area contributed by atoms with Crippen molar-refractivity contribution in [2.45, 2.75) is 341 Å². The lowest BCUT2D eigenvalue weighted by molar-refractivity contribution is -0.161. The number of ether oxygens (including phenoxy) is 4. The first-order chi connectivity index (χ1) is 50.7. The van der Waals surface area contributed by atoms with E-state index in [9.17, 15) is 43.2 Å². The molecule has 0 aromatic carbocycles. The molecule has 0 aromatic heterocycles. The summed E-state index contributed by atoms with van der Waals surface area (Å²) in [6.07, 6.45) is 85.8. The van der Waals surface area contributed by atoms with Gasteiger partial charge in [-0.3, -0.25) is 37.3 Å². The van der Waals surface area contributed by atoms with Crippen LogP contribution in [0.2, 0.25) is 0 Å². The van der Waals surface area contributed by atoms with Crippen LogP contribution >= 0.6 is 15.6 Å². The summed E-state index contributed by atoms with van der Waals surface area (Å²) in [6.45, 7) is 4.54. The van der Waals surface area contributed by atoms with E-state index in [1.807, 2.05) is 18.2 Å². The van der Waals surface area contributed by atoms with Gasteiger partial charge in [-0.2, -0.15) is 0 Å². The lowest BCUT2D eigenvalue weighted by Crippen LogP contribution is -2.30. The average molecular weight is 1500 g/mol. The number of phosphoric acid groups is 2. The molecule has 0 aliphatic rings. The smallest absolute Gasteiger partial charge is 0.462 e. The lowest BCUT2D eigenvalue weighted by Gasteiger charge is -2.21. The van der Waals surface area contributed by atoms with E-state index in [1.54, 1.807) is 0 Å². The van der Waals surface area contributed by atoms with E-state index in [0.29, 0.717) is 32.1 Å². The van der Waals surface area contributed by atoms with Crippen LogP contribution in [0, 0.1) is 0 Å². The van der Waals surface area contributed by atoms with Crippen LogP contribution in [0.15, 0.2) is 134 Å². The van der Waals surface area contributed by atoms with E-state index in [1.165, 1.54) is 89.9 Å². The molecule has 0 bridgehead atoms. The molecule has 0 saturated heterocycles. The molecule has 0 rings (SSSR count). The number of carbonyl (C=O) groups is 4. The number of phosphoric ester groups is 2. The van der Waals surface area contributed by atoms with E-state index >= 15 is 0 Å². The number of hydrogen-bond donors (Lipinski definition) is 3. The van der Waals surface area contributed by atoms with Gasteiger partial charge in [0.2, 0.25) is 0 Å². The number of rotatable bonds is 75. The summed E-state index contributed by atoms with van der Waals surface area (Å²) in [5, 5.41) is 10.6. The maximum Gasteiger partial charge on any atom is 0.472 e. The van der Waals surface area contributed by atoms with E-state index in [-0.39, 0.29) is 25.7 Å². The molecule has 104 heavy (non-hydrogen) atoms. The Kier molecular flexibility index (Phi) is 72.9. The minimum Gasteiger partial charge on any atom is -0.462 e. The zero-order chi connectivity index (χ0) is 76.0. The van der Waals surface area contributed by atoms with Crippen LogP contribution in [-0.4, -0.2) is 96.7 Å². The molecule has 0 amide bonds. The summed E-state index contributed by atoms with van der Waals surface area (Å²) < 4.78 is 68.5. The van der Waals surface area contributed by atoms with Gasteiger partial charge in [0.1, 0.15) is 19.3 Å². The molecule has 596 valence electrons. The molecule has 0 aliphatic heterocycles. The molecule has 17 nitrogen and oxygen atoms in total.